The zero-order chi connectivity index (χ0) is 15.9. The van der Waals surface area contributed by atoms with E-state index in [2.05, 4.69) is 24.5 Å². The Kier molecular flexibility index (Phi) is 7.61. The summed E-state index contributed by atoms with van der Waals surface area (Å²) >= 11 is 0. The van der Waals surface area contributed by atoms with Crippen LogP contribution in [0.1, 0.15) is 54.4 Å². The molecule has 118 valence electrons. The smallest absolute Gasteiger partial charge is 0.315 e. The van der Waals surface area contributed by atoms with Gasteiger partial charge in [0.25, 0.3) is 0 Å². The van der Waals surface area contributed by atoms with Crippen LogP contribution in [0.2, 0.25) is 0 Å². The third-order valence-corrected chi connectivity index (χ3v) is 2.92. The maximum Gasteiger partial charge on any atom is 0.315 e. The summed E-state index contributed by atoms with van der Waals surface area (Å²) in [6, 6.07) is -0.209. The lowest BCUT2D eigenvalue weighted by Crippen LogP contribution is -2.44. The van der Waals surface area contributed by atoms with E-state index in [1.165, 1.54) is 0 Å². The Morgan fingerprint density at radius 3 is 2.10 bits per heavy atom. The number of hydrogen-bond donors (Lipinski definition) is 3. The number of amides is 2. The Balaban J connectivity index is 4.22. The van der Waals surface area contributed by atoms with Gasteiger partial charge in [-0.1, -0.05) is 34.6 Å². The molecule has 3 N–H and O–H groups in total. The number of carboxylic acids is 1. The first-order valence-electron chi connectivity index (χ1n) is 7.28. The summed E-state index contributed by atoms with van der Waals surface area (Å²) in [6.07, 6.45) is 1.43. The molecule has 5 nitrogen and oxygen atoms in total. The summed E-state index contributed by atoms with van der Waals surface area (Å²) in [5.74, 6) is -0.908. The summed E-state index contributed by atoms with van der Waals surface area (Å²) < 4.78 is 0. The fourth-order valence-corrected chi connectivity index (χ4v) is 2.24. The van der Waals surface area contributed by atoms with Gasteiger partial charge >= 0.3 is 12.0 Å². The number of aliphatic carboxylic acids is 1. The number of urea groups is 1. The van der Waals surface area contributed by atoms with Gasteiger partial charge in [-0.2, -0.15) is 0 Å². The molecule has 5 heteroatoms. The van der Waals surface area contributed by atoms with Crippen LogP contribution in [-0.4, -0.2) is 29.7 Å². The van der Waals surface area contributed by atoms with Gasteiger partial charge in [0, 0.05) is 12.6 Å². The zero-order valence-electron chi connectivity index (χ0n) is 13.6. The molecule has 0 rings (SSSR count). The van der Waals surface area contributed by atoms with Crippen LogP contribution < -0.4 is 10.6 Å². The molecule has 0 spiro atoms. The highest BCUT2D eigenvalue weighted by Gasteiger charge is 2.25. The Bertz CT molecular complexity index is 322. The number of nitrogens with one attached hydrogen (secondary N) is 2. The molecule has 0 saturated carbocycles. The third kappa shape index (κ3) is 9.64. The first-order valence-corrected chi connectivity index (χ1v) is 7.28. The van der Waals surface area contributed by atoms with Crippen molar-refractivity contribution in [3.63, 3.8) is 0 Å². The number of carbonyl (C=O) groups is 2. The van der Waals surface area contributed by atoms with Crippen molar-refractivity contribution >= 4 is 12.0 Å². The Morgan fingerprint density at radius 2 is 1.70 bits per heavy atom. The van der Waals surface area contributed by atoms with Crippen LogP contribution in [0, 0.1) is 17.3 Å². The van der Waals surface area contributed by atoms with Crippen molar-refractivity contribution in [2.24, 2.45) is 17.3 Å². The summed E-state index contributed by atoms with van der Waals surface area (Å²) in [7, 11) is 0. The molecule has 0 radical (unpaired) electrons. The molecular weight excluding hydrogens is 256 g/mol. The van der Waals surface area contributed by atoms with Gasteiger partial charge in [-0.05, 0) is 31.1 Å². The molecule has 0 aliphatic rings. The quantitative estimate of drug-likeness (QED) is 0.673. The number of hydrogen-bond acceptors (Lipinski definition) is 2. The predicted octanol–water partition coefficient (Wildman–Crippen LogP) is 2.86. The van der Waals surface area contributed by atoms with Gasteiger partial charge in [-0.3, -0.25) is 4.79 Å². The molecule has 0 heterocycles. The van der Waals surface area contributed by atoms with Crippen LogP contribution >= 0.6 is 0 Å². The third-order valence-electron chi connectivity index (χ3n) is 2.92. The average molecular weight is 286 g/mol. The first kappa shape index (κ1) is 18.7. The Labute approximate surface area is 122 Å². The van der Waals surface area contributed by atoms with E-state index in [4.69, 9.17) is 0 Å². The van der Waals surface area contributed by atoms with Crippen molar-refractivity contribution in [3.8, 4) is 0 Å². The molecular formula is C15H30N2O3. The topological polar surface area (TPSA) is 78.4 Å². The van der Waals surface area contributed by atoms with Crippen LogP contribution in [0.5, 0.6) is 0 Å². The minimum atomic E-state index is -0.865. The summed E-state index contributed by atoms with van der Waals surface area (Å²) in [6.45, 7) is 12.3. The largest absolute Gasteiger partial charge is 0.481 e. The van der Waals surface area contributed by atoms with Crippen LogP contribution in [-0.2, 0) is 4.79 Å². The van der Waals surface area contributed by atoms with Crippen molar-refractivity contribution < 1.29 is 14.7 Å². The molecule has 0 aromatic heterocycles. The second-order valence-electron chi connectivity index (χ2n) is 7.18. The minimum Gasteiger partial charge on any atom is -0.481 e. The van der Waals surface area contributed by atoms with Gasteiger partial charge in [-0.25, -0.2) is 4.79 Å². The van der Waals surface area contributed by atoms with E-state index in [0.717, 1.165) is 6.42 Å². The standard InChI is InChI=1S/C15H30N2O3/c1-10(2)7-11(3)17-14(20)16-9-12(13(18)19)8-15(4,5)6/h10-12H,7-9H2,1-6H3,(H,18,19)(H2,16,17,20). The van der Waals surface area contributed by atoms with Crippen LogP contribution in [0.4, 0.5) is 4.79 Å². The first-order chi connectivity index (χ1) is 9.01. The fraction of sp³-hybridized carbons (Fsp3) is 0.867. The SMILES string of the molecule is CC(C)CC(C)NC(=O)NCC(CC(C)(C)C)C(=O)O. The van der Waals surface area contributed by atoms with Crippen molar-refractivity contribution in [3.05, 3.63) is 0 Å². The highest BCUT2D eigenvalue weighted by molar-refractivity contribution is 5.76. The second-order valence-corrected chi connectivity index (χ2v) is 7.18. The van der Waals surface area contributed by atoms with Crippen molar-refractivity contribution in [1.29, 1.82) is 0 Å². The highest BCUT2D eigenvalue weighted by Crippen LogP contribution is 2.24. The van der Waals surface area contributed by atoms with Gasteiger partial charge in [0.2, 0.25) is 0 Å². The number of carboxylic acid groups (broad SMARTS) is 1. The maximum absolute atomic E-state index is 11.7. The van der Waals surface area contributed by atoms with Gasteiger partial charge in [0.1, 0.15) is 0 Å². The molecule has 20 heavy (non-hydrogen) atoms. The molecule has 0 saturated heterocycles. The second kappa shape index (κ2) is 8.12. The number of rotatable bonds is 7. The van der Waals surface area contributed by atoms with Crippen molar-refractivity contribution in [2.45, 2.75) is 60.4 Å². The summed E-state index contributed by atoms with van der Waals surface area (Å²) in [4.78, 5) is 22.9. The van der Waals surface area contributed by atoms with E-state index in [0.29, 0.717) is 12.3 Å². The maximum atomic E-state index is 11.7. The molecule has 2 atom stereocenters. The molecule has 0 aliphatic heterocycles. The molecule has 2 unspecified atom stereocenters. The average Bonchev–Trinajstić information content (AvgIpc) is 2.20. The molecule has 0 bridgehead atoms. The van der Waals surface area contributed by atoms with E-state index in [-0.39, 0.29) is 24.0 Å². The molecule has 2 amide bonds. The predicted molar refractivity (Wildman–Crippen MR) is 80.6 cm³/mol. The molecule has 0 aliphatic carbocycles. The van der Waals surface area contributed by atoms with Gasteiger partial charge < -0.3 is 15.7 Å². The lowest BCUT2D eigenvalue weighted by atomic mass is 9.84. The van der Waals surface area contributed by atoms with Crippen LogP contribution in [0.25, 0.3) is 0 Å². The molecule has 0 fully saturated rings. The van der Waals surface area contributed by atoms with E-state index in [1.807, 2.05) is 27.7 Å². The van der Waals surface area contributed by atoms with Crippen LogP contribution in [0.15, 0.2) is 0 Å². The van der Waals surface area contributed by atoms with E-state index < -0.39 is 11.9 Å². The van der Waals surface area contributed by atoms with Gasteiger partial charge in [-0.15, -0.1) is 0 Å². The fourth-order valence-electron chi connectivity index (χ4n) is 2.24. The van der Waals surface area contributed by atoms with Gasteiger partial charge in [0.05, 0.1) is 5.92 Å². The van der Waals surface area contributed by atoms with E-state index in [1.54, 1.807) is 0 Å². The Morgan fingerprint density at radius 1 is 1.15 bits per heavy atom. The van der Waals surface area contributed by atoms with Crippen molar-refractivity contribution in [1.82, 2.24) is 10.6 Å². The Hall–Kier alpha value is -1.26. The minimum absolute atomic E-state index is 0.0772. The highest BCUT2D eigenvalue weighted by atomic mass is 16.4. The summed E-state index contributed by atoms with van der Waals surface area (Å²) in [5, 5.41) is 14.7. The summed E-state index contributed by atoms with van der Waals surface area (Å²) in [5.41, 5.74) is -0.0772. The number of carbonyl (C=O) groups excluding carboxylic acids is 1. The zero-order valence-corrected chi connectivity index (χ0v) is 13.6. The van der Waals surface area contributed by atoms with Crippen molar-refractivity contribution in [2.75, 3.05) is 6.54 Å². The monoisotopic (exact) mass is 286 g/mol. The normalized spacial score (nSPS) is 14.8. The van der Waals surface area contributed by atoms with E-state index >= 15 is 0 Å². The van der Waals surface area contributed by atoms with E-state index in [9.17, 15) is 14.7 Å². The van der Waals surface area contributed by atoms with Crippen LogP contribution in [0.3, 0.4) is 0 Å². The molecule has 0 aromatic rings. The van der Waals surface area contributed by atoms with Gasteiger partial charge in [0.15, 0.2) is 0 Å². The molecule has 0 aromatic carbocycles. The lowest BCUT2D eigenvalue weighted by Gasteiger charge is -2.24. The lowest BCUT2D eigenvalue weighted by molar-refractivity contribution is -0.142.